The molecule has 192 valence electrons. The fraction of sp³-hybridized carbons (Fsp3) is 0.167. The summed E-state index contributed by atoms with van der Waals surface area (Å²) < 4.78 is 68.4. The maximum Gasteiger partial charge on any atom is 0.418 e. The molecule has 0 spiro atoms. The van der Waals surface area contributed by atoms with E-state index in [9.17, 15) is 22.2 Å². The molecule has 0 saturated carbocycles. The van der Waals surface area contributed by atoms with Crippen molar-refractivity contribution < 1.29 is 31.6 Å². The van der Waals surface area contributed by atoms with E-state index in [4.69, 9.17) is 9.47 Å². The number of para-hydroxylation sites is 1. The summed E-state index contributed by atoms with van der Waals surface area (Å²) in [5.41, 5.74) is -0.861. The van der Waals surface area contributed by atoms with Crippen LogP contribution in [0.2, 0.25) is 0 Å². The molecule has 0 fully saturated rings. The van der Waals surface area contributed by atoms with Crippen LogP contribution in [-0.2, 0) is 22.9 Å². The number of halogens is 3. The number of nitrogens with zero attached hydrogens (tertiary/aromatic N) is 4. The molecular formula is C24H20F3N5O4S. The minimum Gasteiger partial charge on any atom is -0.495 e. The van der Waals surface area contributed by atoms with E-state index in [1.54, 1.807) is 36.4 Å². The van der Waals surface area contributed by atoms with E-state index in [-0.39, 0.29) is 28.9 Å². The molecule has 2 aromatic carbocycles. The Morgan fingerprint density at radius 3 is 2.38 bits per heavy atom. The maximum atomic E-state index is 14.1. The van der Waals surface area contributed by atoms with E-state index in [1.165, 1.54) is 38.5 Å². The normalized spacial score (nSPS) is 12.1. The minimum absolute atomic E-state index is 0.0204. The lowest BCUT2D eigenvalue weighted by atomic mass is 10.1. The largest absolute Gasteiger partial charge is 0.495 e. The highest BCUT2D eigenvalue weighted by Gasteiger charge is 2.38. The maximum absolute atomic E-state index is 14.1. The van der Waals surface area contributed by atoms with Crippen LogP contribution in [0.5, 0.6) is 11.6 Å². The molecule has 2 heterocycles. The van der Waals surface area contributed by atoms with Gasteiger partial charge in [0.25, 0.3) is 0 Å². The van der Waals surface area contributed by atoms with Crippen LogP contribution in [0, 0.1) is 0 Å². The highest BCUT2D eigenvalue weighted by Crippen LogP contribution is 2.40. The molecule has 2 aromatic heterocycles. The van der Waals surface area contributed by atoms with Gasteiger partial charge in [0, 0.05) is 6.07 Å². The van der Waals surface area contributed by atoms with Crippen LogP contribution >= 0.6 is 0 Å². The van der Waals surface area contributed by atoms with Crippen LogP contribution in [0.15, 0.2) is 66.7 Å². The third-order valence-corrected chi connectivity index (χ3v) is 6.13. The minimum atomic E-state index is -4.82. The van der Waals surface area contributed by atoms with Gasteiger partial charge in [0.1, 0.15) is 28.1 Å². The first kappa shape index (κ1) is 25.8. The van der Waals surface area contributed by atoms with Gasteiger partial charge in [-0.25, -0.2) is 9.19 Å². The van der Waals surface area contributed by atoms with Crippen molar-refractivity contribution in [3.63, 3.8) is 0 Å². The zero-order valence-electron chi connectivity index (χ0n) is 19.5. The Morgan fingerprint density at radius 1 is 0.973 bits per heavy atom. The van der Waals surface area contributed by atoms with E-state index in [0.717, 1.165) is 10.6 Å². The Balaban J connectivity index is 1.86. The summed E-state index contributed by atoms with van der Waals surface area (Å²) in [5.74, 6) is -1.79. The average molecular weight is 532 g/mol. The van der Waals surface area contributed by atoms with Gasteiger partial charge in [-0.05, 0) is 23.8 Å². The van der Waals surface area contributed by atoms with Crippen LogP contribution in [0.3, 0.4) is 0 Å². The number of nitrogens with one attached hydrogen (secondary N) is 1. The lowest BCUT2D eigenvalue weighted by Crippen LogP contribution is -2.30. The molecule has 13 heteroatoms. The SMILES string of the molecule is COc1cccc(-c2nnc(C(=O)NS(=O)Cc3ccccc3)n2-c2c(OC)cccc2C(F)(F)F)n1. The molecule has 1 amide bonds. The quantitative estimate of drug-likeness (QED) is 0.367. The second-order valence-corrected chi connectivity index (χ2v) is 8.69. The first-order valence-corrected chi connectivity index (χ1v) is 12.0. The number of aromatic nitrogens is 4. The van der Waals surface area contributed by atoms with Crippen LogP contribution in [0.1, 0.15) is 21.7 Å². The number of hydrogen-bond donors (Lipinski definition) is 1. The van der Waals surface area contributed by atoms with Gasteiger partial charge in [0.15, 0.2) is 5.82 Å². The molecule has 0 bridgehead atoms. The van der Waals surface area contributed by atoms with Gasteiger partial charge in [0.2, 0.25) is 11.7 Å². The Morgan fingerprint density at radius 2 is 1.70 bits per heavy atom. The highest BCUT2D eigenvalue weighted by atomic mass is 32.2. The van der Waals surface area contributed by atoms with Crippen molar-refractivity contribution in [3.05, 3.63) is 83.7 Å². The number of hydrogen-bond acceptors (Lipinski definition) is 7. The molecule has 1 unspecified atom stereocenters. The van der Waals surface area contributed by atoms with Gasteiger partial charge in [-0.3, -0.25) is 14.1 Å². The number of benzene rings is 2. The van der Waals surface area contributed by atoms with Crippen LogP contribution in [-0.4, -0.2) is 44.1 Å². The average Bonchev–Trinajstić information content (AvgIpc) is 3.33. The van der Waals surface area contributed by atoms with Crippen molar-refractivity contribution in [2.45, 2.75) is 11.9 Å². The molecule has 37 heavy (non-hydrogen) atoms. The third-order valence-electron chi connectivity index (χ3n) is 5.12. The van der Waals surface area contributed by atoms with Crippen LogP contribution < -0.4 is 14.2 Å². The van der Waals surface area contributed by atoms with Crippen LogP contribution in [0.25, 0.3) is 17.2 Å². The number of carbonyl (C=O) groups excluding carboxylic acids is 1. The van der Waals surface area contributed by atoms with Gasteiger partial charge in [0.05, 0.1) is 25.5 Å². The zero-order chi connectivity index (χ0) is 26.6. The summed E-state index contributed by atoms with van der Waals surface area (Å²) >= 11 is 0. The van der Waals surface area contributed by atoms with Crippen molar-refractivity contribution in [1.82, 2.24) is 24.5 Å². The van der Waals surface area contributed by atoms with E-state index >= 15 is 0 Å². The van der Waals surface area contributed by atoms with Crippen LogP contribution in [0.4, 0.5) is 13.2 Å². The molecule has 0 aliphatic heterocycles. The third kappa shape index (κ3) is 5.61. The Bertz CT molecular complexity index is 1440. The monoisotopic (exact) mass is 531 g/mol. The van der Waals surface area contributed by atoms with Gasteiger partial charge in [-0.2, -0.15) is 13.2 Å². The first-order valence-electron chi connectivity index (χ1n) is 10.7. The number of rotatable bonds is 8. The van der Waals surface area contributed by atoms with E-state index < -0.39 is 40.1 Å². The number of ether oxygens (including phenoxy) is 2. The Kier molecular flexibility index (Phi) is 7.53. The van der Waals surface area contributed by atoms with Crippen molar-refractivity contribution in [3.8, 4) is 28.8 Å². The van der Waals surface area contributed by atoms with Crippen molar-refractivity contribution in [1.29, 1.82) is 0 Å². The molecule has 4 aromatic rings. The summed E-state index contributed by atoms with van der Waals surface area (Å²) in [6.07, 6.45) is -4.82. The molecule has 0 radical (unpaired) electrons. The topological polar surface area (TPSA) is 108 Å². The summed E-state index contributed by atoms with van der Waals surface area (Å²) in [7, 11) is 0.665. The van der Waals surface area contributed by atoms with Crippen molar-refractivity contribution in [2.24, 2.45) is 0 Å². The number of methoxy groups -OCH3 is 2. The number of carbonyl (C=O) groups is 1. The number of amides is 1. The fourth-order valence-corrected chi connectivity index (χ4v) is 4.38. The summed E-state index contributed by atoms with van der Waals surface area (Å²) in [6.45, 7) is 0. The van der Waals surface area contributed by atoms with Gasteiger partial charge < -0.3 is 9.47 Å². The lowest BCUT2D eigenvalue weighted by Gasteiger charge is -2.19. The van der Waals surface area contributed by atoms with Crippen molar-refractivity contribution in [2.75, 3.05) is 14.2 Å². The van der Waals surface area contributed by atoms with E-state index in [2.05, 4.69) is 19.9 Å². The zero-order valence-corrected chi connectivity index (χ0v) is 20.3. The summed E-state index contributed by atoms with van der Waals surface area (Å²) in [4.78, 5) is 17.4. The smallest absolute Gasteiger partial charge is 0.418 e. The fourth-order valence-electron chi connectivity index (χ4n) is 3.52. The van der Waals surface area contributed by atoms with E-state index in [1.807, 2.05) is 0 Å². The van der Waals surface area contributed by atoms with Gasteiger partial charge >= 0.3 is 12.1 Å². The molecular weight excluding hydrogens is 511 g/mol. The molecule has 0 aliphatic rings. The van der Waals surface area contributed by atoms with Gasteiger partial charge in [-0.15, -0.1) is 10.2 Å². The molecule has 0 saturated heterocycles. The molecule has 0 aliphatic carbocycles. The predicted molar refractivity (Wildman–Crippen MR) is 128 cm³/mol. The van der Waals surface area contributed by atoms with Gasteiger partial charge in [-0.1, -0.05) is 42.5 Å². The Hall–Kier alpha value is -4.26. The highest BCUT2D eigenvalue weighted by molar-refractivity contribution is 7.82. The molecule has 1 N–H and O–H groups in total. The second kappa shape index (κ2) is 10.8. The van der Waals surface area contributed by atoms with E-state index in [0.29, 0.717) is 5.56 Å². The summed E-state index contributed by atoms with van der Waals surface area (Å²) in [5, 5.41) is 7.81. The number of alkyl halides is 3. The first-order chi connectivity index (χ1) is 17.7. The molecule has 1 atom stereocenters. The standard InChI is InChI=1S/C24H20F3N5O4S/c1-35-18-12-6-10-16(24(25,26)27)20(18)32-21(17-11-7-13-19(28-17)36-2)29-30-22(32)23(33)31-37(34)14-15-8-4-3-5-9-15/h3-13H,14H2,1-2H3,(H,31,33). The second-order valence-electron chi connectivity index (χ2n) is 7.51. The summed E-state index contributed by atoms with van der Waals surface area (Å²) in [6, 6.07) is 16.6. The van der Waals surface area contributed by atoms with Crippen molar-refractivity contribution >= 4 is 16.9 Å². The Labute approximate surface area is 211 Å². The molecule has 9 nitrogen and oxygen atoms in total. The lowest BCUT2D eigenvalue weighted by molar-refractivity contribution is -0.137. The molecule has 4 rings (SSSR count). The predicted octanol–water partition coefficient (Wildman–Crippen LogP) is 3.96. The number of pyridine rings is 1.